The number of ether oxygens (including phenoxy) is 1. The van der Waals surface area contributed by atoms with Gasteiger partial charge in [0, 0.05) is 12.6 Å². The van der Waals surface area contributed by atoms with Crippen LogP contribution in [0.4, 0.5) is 4.39 Å². The first kappa shape index (κ1) is 16.7. The number of benzene rings is 1. The van der Waals surface area contributed by atoms with Crippen molar-refractivity contribution in [3.63, 3.8) is 0 Å². The molecule has 1 unspecified atom stereocenters. The molecule has 0 radical (unpaired) electrons. The maximum absolute atomic E-state index is 12.9. The highest BCUT2D eigenvalue weighted by atomic mass is 35.5. The number of likely N-dealkylation sites (N-methyl/N-ethyl adjacent to an activating group) is 1. The van der Waals surface area contributed by atoms with Crippen molar-refractivity contribution >= 4 is 17.5 Å². The molecule has 0 aliphatic carbocycles. The number of hydrogen-bond donors (Lipinski definition) is 2. The first-order chi connectivity index (χ1) is 9.43. The molecule has 4 nitrogen and oxygen atoms in total. The summed E-state index contributed by atoms with van der Waals surface area (Å²) < 4.78 is 18.3. The second-order valence-electron chi connectivity index (χ2n) is 4.54. The molecule has 0 saturated carbocycles. The lowest BCUT2D eigenvalue weighted by Crippen LogP contribution is -2.43. The van der Waals surface area contributed by atoms with Crippen molar-refractivity contribution in [1.82, 2.24) is 10.6 Å². The SMILES string of the molecule is CCN[C@H](C)CNC(=O)C(C)Oc1ccc(F)cc1Cl. The van der Waals surface area contributed by atoms with Gasteiger partial charge >= 0.3 is 0 Å². The van der Waals surface area contributed by atoms with Crippen molar-refractivity contribution in [2.24, 2.45) is 0 Å². The predicted octanol–water partition coefficient (Wildman–Crippen LogP) is 2.36. The van der Waals surface area contributed by atoms with E-state index in [4.69, 9.17) is 16.3 Å². The molecular weight excluding hydrogens is 283 g/mol. The van der Waals surface area contributed by atoms with Gasteiger partial charge in [0.15, 0.2) is 6.10 Å². The van der Waals surface area contributed by atoms with Gasteiger partial charge in [-0.2, -0.15) is 0 Å². The molecule has 2 atom stereocenters. The molecule has 1 aromatic rings. The second kappa shape index (κ2) is 8.07. The minimum atomic E-state index is -0.702. The fraction of sp³-hybridized carbons (Fsp3) is 0.500. The van der Waals surface area contributed by atoms with Crippen LogP contribution in [-0.4, -0.2) is 31.1 Å². The van der Waals surface area contributed by atoms with Gasteiger partial charge in [-0.05, 0) is 38.6 Å². The molecule has 0 aliphatic rings. The van der Waals surface area contributed by atoms with E-state index in [1.54, 1.807) is 6.92 Å². The Balaban J connectivity index is 2.49. The molecule has 0 aliphatic heterocycles. The molecule has 0 heterocycles. The highest BCUT2D eigenvalue weighted by Crippen LogP contribution is 2.25. The molecule has 2 N–H and O–H groups in total. The summed E-state index contributed by atoms with van der Waals surface area (Å²) in [5, 5.41) is 6.11. The van der Waals surface area contributed by atoms with Crippen LogP contribution in [0.25, 0.3) is 0 Å². The van der Waals surface area contributed by atoms with Crippen LogP contribution in [-0.2, 0) is 4.79 Å². The first-order valence-electron chi connectivity index (χ1n) is 6.56. The molecule has 0 aromatic heterocycles. The molecule has 1 amide bonds. The monoisotopic (exact) mass is 302 g/mol. The third-order valence-electron chi connectivity index (χ3n) is 2.70. The molecule has 0 fully saturated rings. The Hall–Kier alpha value is -1.33. The number of carbonyl (C=O) groups is 1. The van der Waals surface area contributed by atoms with Gasteiger partial charge in [-0.3, -0.25) is 4.79 Å². The zero-order chi connectivity index (χ0) is 15.1. The van der Waals surface area contributed by atoms with Crippen LogP contribution in [0.5, 0.6) is 5.75 Å². The van der Waals surface area contributed by atoms with Gasteiger partial charge in [0.2, 0.25) is 0 Å². The van der Waals surface area contributed by atoms with Crippen molar-refractivity contribution in [1.29, 1.82) is 0 Å². The zero-order valence-corrected chi connectivity index (χ0v) is 12.6. The summed E-state index contributed by atoms with van der Waals surface area (Å²) in [4.78, 5) is 11.9. The lowest BCUT2D eigenvalue weighted by atomic mass is 10.3. The number of carbonyl (C=O) groups excluding carboxylic acids is 1. The fourth-order valence-electron chi connectivity index (χ4n) is 1.63. The van der Waals surface area contributed by atoms with Gasteiger partial charge in [-0.15, -0.1) is 0 Å². The van der Waals surface area contributed by atoms with Crippen molar-refractivity contribution in [3.8, 4) is 5.75 Å². The van der Waals surface area contributed by atoms with E-state index >= 15 is 0 Å². The minimum absolute atomic E-state index is 0.144. The summed E-state index contributed by atoms with van der Waals surface area (Å²) in [5.74, 6) is -0.399. The van der Waals surface area contributed by atoms with E-state index in [1.165, 1.54) is 12.1 Å². The fourth-order valence-corrected chi connectivity index (χ4v) is 1.84. The van der Waals surface area contributed by atoms with Crippen LogP contribution >= 0.6 is 11.6 Å². The number of rotatable bonds is 7. The largest absolute Gasteiger partial charge is 0.479 e. The number of hydrogen-bond acceptors (Lipinski definition) is 3. The highest BCUT2D eigenvalue weighted by molar-refractivity contribution is 6.32. The van der Waals surface area contributed by atoms with Gasteiger partial charge in [-0.25, -0.2) is 4.39 Å². The van der Waals surface area contributed by atoms with E-state index in [-0.39, 0.29) is 22.7 Å². The van der Waals surface area contributed by atoms with Gasteiger partial charge in [0.05, 0.1) is 5.02 Å². The molecule has 112 valence electrons. The first-order valence-corrected chi connectivity index (χ1v) is 6.94. The van der Waals surface area contributed by atoms with Crippen molar-refractivity contribution < 1.29 is 13.9 Å². The summed E-state index contributed by atoms with van der Waals surface area (Å²) in [5.41, 5.74) is 0. The Kier molecular flexibility index (Phi) is 6.75. The van der Waals surface area contributed by atoms with Gasteiger partial charge in [0.1, 0.15) is 11.6 Å². The lowest BCUT2D eigenvalue weighted by molar-refractivity contribution is -0.127. The molecule has 0 spiro atoms. The Morgan fingerprint density at radius 1 is 1.45 bits per heavy atom. The molecule has 0 bridgehead atoms. The Morgan fingerprint density at radius 3 is 2.75 bits per heavy atom. The van der Waals surface area contributed by atoms with Crippen LogP contribution in [0.2, 0.25) is 5.02 Å². The maximum atomic E-state index is 12.9. The van der Waals surface area contributed by atoms with Crippen LogP contribution in [0, 0.1) is 5.82 Å². The number of amides is 1. The molecule has 20 heavy (non-hydrogen) atoms. The van der Waals surface area contributed by atoms with Crippen LogP contribution in [0.15, 0.2) is 18.2 Å². The van der Waals surface area contributed by atoms with E-state index < -0.39 is 11.9 Å². The molecule has 6 heteroatoms. The summed E-state index contributed by atoms with van der Waals surface area (Å²) in [6.45, 7) is 6.95. The molecule has 1 aromatic carbocycles. The summed E-state index contributed by atoms with van der Waals surface area (Å²) >= 11 is 5.84. The Morgan fingerprint density at radius 2 is 2.15 bits per heavy atom. The Labute approximate surface area is 123 Å². The van der Waals surface area contributed by atoms with Crippen molar-refractivity contribution in [3.05, 3.63) is 29.0 Å². The topological polar surface area (TPSA) is 50.4 Å². The van der Waals surface area contributed by atoms with Crippen LogP contribution in [0.1, 0.15) is 20.8 Å². The predicted molar refractivity (Wildman–Crippen MR) is 77.6 cm³/mol. The third kappa shape index (κ3) is 5.35. The lowest BCUT2D eigenvalue weighted by Gasteiger charge is -2.18. The maximum Gasteiger partial charge on any atom is 0.260 e. The van der Waals surface area contributed by atoms with Gasteiger partial charge in [-0.1, -0.05) is 18.5 Å². The normalized spacial score (nSPS) is 13.7. The summed E-state index contributed by atoms with van der Waals surface area (Å²) in [6, 6.07) is 3.97. The van der Waals surface area contributed by atoms with Crippen molar-refractivity contribution in [2.45, 2.75) is 32.9 Å². The van der Waals surface area contributed by atoms with Gasteiger partial charge in [0.25, 0.3) is 5.91 Å². The summed E-state index contributed by atoms with van der Waals surface area (Å²) in [6.07, 6.45) is -0.702. The third-order valence-corrected chi connectivity index (χ3v) is 3.00. The number of halogens is 2. The minimum Gasteiger partial charge on any atom is -0.479 e. The van der Waals surface area contributed by atoms with E-state index in [0.717, 1.165) is 12.6 Å². The Bertz CT molecular complexity index is 457. The van der Waals surface area contributed by atoms with Crippen LogP contribution < -0.4 is 15.4 Å². The van der Waals surface area contributed by atoms with E-state index in [9.17, 15) is 9.18 Å². The number of nitrogens with one attached hydrogen (secondary N) is 2. The standard InChI is InChI=1S/C14H20ClFN2O2/c1-4-17-9(2)8-18-14(19)10(3)20-13-6-5-11(16)7-12(13)15/h5-7,9-10,17H,4,8H2,1-3H3,(H,18,19)/t9-,10?/m1/s1. The molecule has 0 saturated heterocycles. The smallest absolute Gasteiger partial charge is 0.260 e. The van der Waals surface area contributed by atoms with E-state index in [0.29, 0.717) is 6.54 Å². The average Bonchev–Trinajstić information content (AvgIpc) is 2.39. The van der Waals surface area contributed by atoms with E-state index in [1.807, 2.05) is 13.8 Å². The van der Waals surface area contributed by atoms with Gasteiger partial charge < -0.3 is 15.4 Å². The quantitative estimate of drug-likeness (QED) is 0.813. The molecule has 1 rings (SSSR count). The van der Waals surface area contributed by atoms with E-state index in [2.05, 4.69) is 10.6 Å². The second-order valence-corrected chi connectivity index (χ2v) is 4.95. The molecular formula is C14H20ClFN2O2. The average molecular weight is 303 g/mol. The van der Waals surface area contributed by atoms with Crippen molar-refractivity contribution in [2.75, 3.05) is 13.1 Å². The highest BCUT2D eigenvalue weighted by Gasteiger charge is 2.16. The zero-order valence-electron chi connectivity index (χ0n) is 11.9. The van der Waals surface area contributed by atoms with Crippen LogP contribution in [0.3, 0.4) is 0 Å². The summed E-state index contributed by atoms with van der Waals surface area (Å²) in [7, 11) is 0.